The summed E-state index contributed by atoms with van der Waals surface area (Å²) in [6.45, 7) is 3.83. The Kier molecular flexibility index (Phi) is 3.45. The van der Waals surface area contributed by atoms with Gasteiger partial charge < -0.3 is 5.11 Å². The summed E-state index contributed by atoms with van der Waals surface area (Å²) in [7, 11) is 3.65. The Hall–Kier alpha value is -1.33. The van der Waals surface area contributed by atoms with E-state index in [4.69, 9.17) is 11.6 Å². The van der Waals surface area contributed by atoms with E-state index < -0.39 is 6.10 Å². The van der Waals surface area contributed by atoms with E-state index in [1.165, 1.54) is 0 Å². The third-order valence-electron chi connectivity index (χ3n) is 3.30. The molecule has 2 aromatic rings. The average molecular weight is 269 g/mol. The van der Waals surface area contributed by atoms with Crippen LogP contribution in [0.3, 0.4) is 0 Å². The second kappa shape index (κ2) is 4.74. The highest BCUT2D eigenvalue weighted by Crippen LogP contribution is 2.26. The molecule has 2 rings (SSSR count). The molecule has 2 aromatic heterocycles. The summed E-state index contributed by atoms with van der Waals surface area (Å²) >= 11 is 6.16. The first-order valence-corrected chi connectivity index (χ1v) is 6.14. The third kappa shape index (κ3) is 2.15. The minimum Gasteiger partial charge on any atom is -0.388 e. The van der Waals surface area contributed by atoms with Gasteiger partial charge in [0.1, 0.15) is 5.15 Å². The van der Waals surface area contributed by atoms with Gasteiger partial charge in [0.15, 0.2) is 0 Å². The van der Waals surface area contributed by atoms with Crippen molar-refractivity contribution in [2.24, 2.45) is 14.1 Å². The van der Waals surface area contributed by atoms with Crippen LogP contribution in [0.2, 0.25) is 5.15 Å². The van der Waals surface area contributed by atoms with Crippen LogP contribution in [0.25, 0.3) is 0 Å². The zero-order valence-electron chi connectivity index (χ0n) is 11.0. The molecule has 0 bridgehead atoms. The molecule has 0 aromatic carbocycles. The highest BCUT2D eigenvalue weighted by Gasteiger charge is 2.19. The van der Waals surface area contributed by atoms with E-state index in [9.17, 15) is 5.11 Å². The first-order chi connectivity index (χ1) is 8.41. The molecule has 0 saturated carbocycles. The van der Waals surface area contributed by atoms with E-state index in [0.29, 0.717) is 11.6 Å². The molecule has 0 radical (unpaired) electrons. The summed E-state index contributed by atoms with van der Waals surface area (Å²) < 4.78 is 3.37. The fourth-order valence-corrected chi connectivity index (χ4v) is 2.30. The summed E-state index contributed by atoms with van der Waals surface area (Å²) in [6, 6.07) is 0. The molecular formula is C12H17ClN4O. The van der Waals surface area contributed by atoms with Crippen molar-refractivity contribution in [3.05, 3.63) is 33.9 Å². The SMILES string of the molecule is Cc1nn(C)c(Cl)c1CC(O)c1cnn(C)c1C. The van der Waals surface area contributed by atoms with Crippen molar-refractivity contribution >= 4 is 11.6 Å². The molecule has 0 aliphatic rings. The van der Waals surface area contributed by atoms with Crippen molar-refractivity contribution in [3.63, 3.8) is 0 Å². The lowest BCUT2D eigenvalue weighted by Crippen LogP contribution is -2.04. The fraction of sp³-hybridized carbons (Fsp3) is 0.500. The van der Waals surface area contributed by atoms with Crippen LogP contribution >= 0.6 is 11.6 Å². The molecule has 1 atom stereocenters. The summed E-state index contributed by atoms with van der Waals surface area (Å²) in [6.07, 6.45) is 1.53. The third-order valence-corrected chi connectivity index (χ3v) is 3.77. The lowest BCUT2D eigenvalue weighted by Gasteiger charge is -2.10. The van der Waals surface area contributed by atoms with Crippen LogP contribution in [0.1, 0.15) is 28.6 Å². The standard InChI is InChI=1S/C12H17ClN4O/c1-7-9(12(13)17(4)15-7)5-11(18)10-6-14-16(3)8(10)2/h6,11,18H,5H2,1-4H3. The number of nitrogens with zero attached hydrogens (tertiary/aromatic N) is 4. The molecular weight excluding hydrogens is 252 g/mol. The minimum atomic E-state index is -0.612. The van der Waals surface area contributed by atoms with Crippen LogP contribution in [0.15, 0.2) is 6.20 Å². The molecule has 2 heterocycles. The predicted molar refractivity (Wildman–Crippen MR) is 69.6 cm³/mol. The van der Waals surface area contributed by atoms with Crippen molar-refractivity contribution in [1.29, 1.82) is 0 Å². The van der Waals surface area contributed by atoms with Gasteiger partial charge in [-0.1, -0.05) is 11.6 Å². The van der Waals surface area contributed by atoms with E-state index in [2.05, 4.69) is 10.2 Å². The smallest absolute Gasteiger partial charge is 0.130 e. The normalized spacial score (nSPS) is 13.0. The average Bonchev–Trinajstić information content (AvgIpc) is 2.75. The highest BCUT2D eigenvalue weighted by atomic mass is 35.5. The van der Waals surface area contributed by atoms with Gasteiger partial charge in [0.25, 0.3) is 0 Å². The van der Waals surface area contributed by atoms with E-state index in [-0.39, 0.29) is 0 Å². The lowest BCUT2D eigenvalue weighted by molar-refractivity contribution is 0.177. The van der Waals surface area contributed by atoms with Gasteiger partial charge in [0.05, 0.1) is 18.0 Å². The number of aliphatic hydroxyl groups is 1. The topological polar surface area (TPSA) is 55.9 Å². The number of rotatable bonds is 3. The first kappa shape index (κ1) is 13.1. The molecule has 0 aliphatic carbocycles. The maximum atomic E-state index is 10.3. The quantitative estimate of drug-likeness (QED) is 0.922. The number of hydrogen-bond acceptors (Lipinski definition) is 3. The molecule has 6 heteroatoms. The largest absolute Gasteiger partial charge is 0.388 e. The van der Waals surface area contributed by atoms with Crippen molar-refractivity contribution in [2.75, 3.05) is 0 Å². The van der Waals surface area contributed by atoms with Gasteiger partial charge in [-0.3, -0.25) is 9.36 Å². The zero-order chi connectivity index (χ0) is 13.4. The van der Waals surface area contributed by atoms with Crippen LogP contribution in [-0.4, -0.2) is 24.7 Å². The first-order valence-electron chi connectivity index (χ1n) is 5.76. The van der Waals surface area contributed by atoms with Crippen LogP contribution in [-0.2, 0) is 20.5 Å². The Morgan fingerprint density at radius 3 is 2.44 bits per heavy atom. The Morgan fingerprint density at radius 1 is 1.33 bits per heavy atom. The summed E-state index contributed by atoms with van der Waals surface area (Å²) in [5.74, 6) is 0. The van der Waals surface area contributed by atoms with Gasteiger partial charge in [-0.15, -0.1) is 0 Å². The monoisotopic (exact) mass is 268 g/mol. The molecule has 1 unspecified atom stereocenters. The molecule has 18 heavy (non-hydrogen) atoms. The molecule has 0 amide bonds. The van der Waals surface area contributed by atoms with Crippen LogP contribution < -0.4 is 0 Å². The molecule has 1 N–H and O–H groups in total. The van der Waals surface area contributed by atoms with E-state index in [1.807, 2.05) is 20.9 Å². The van der Waals surface area contributed by atoms with E-state index >= 15 is 0 Å². The lowest BCUT2D eigenvalue weighted by atomic mass is 10.0. The summed E-state index contributed by atoms with van der Waals surface area (Å²) in [5.41, 5.74) is 3.52. The second-order valence-corrected chi connectivity index (χ2v) is 4.87. The second-order valence-electron chi connectivity index (χ2n) is 4.51. The van der Waals surface area contributed by atoms with Crippen molar-refractivity contribution < 1.29 is 5.11 Å². The van der Waals surface area contributed by atoms with Gasteiger partial charge in [-0.05, 0) is 13.8 Å². The van der Waals surface area contributed by atoms with Gasteiger partial charge in [-0.25, -0.2) is 0 Å². The van der Waals surface area contributed by atoms with E-state index in [0.717, 1.165) is 22.5 Å². The Bertz CT molecular complexity index is 573. The van der Waals surface area contributed by atoms with Crippen LogP contribution in [0, 0.1) is 13.8 Å². The predicted octanol–water partition coefficient (Wildman–Crippen LogP) is 1.70. The molecule has 0 saturated heterocycles. The fourth-order valence-electron chi connectivity index (χ4n) is 2.05. The van der Waals surface area contributed by atoms with Crippen molar-refractivity contribution in [2.45, 2.75) is 26.4 Å². The molecule has 0 fully saturated rings. The Morgan fingerprint density at radius 2 is 2.00 bits per heavy atom. The summed E-state index contributed by atoms with van der Waals surface area (Å²) in [5, 5.41) is 19.2. The summed E-state index contributed by atoms with van der Waals surface area (Å²) in [4.78, 5) is 0. The van der Waals surface area contributed by atoms with Crippen LogP contribution in [0.4, 0.5) is 0 Å². The van der Waals surface area contributed by atoms with Gasteiger partial charge in [-0.2, -0.15) is 10.2 Å². The molecule has 98 valence electrons. The van der Waals surface area contributed by atoms with Crippen molar-refractivity contribution in [3.8, 4) is 0 Å². The number of hydrogen-bond donors (Lipinski definition) is 1. The minimum absolute atomic E-state index is 0.449. The van der Waals surface area contributed by atoms with E-state index in [1.54, 1.807) is 22.6 Å². The van der Waals surface area contributed by atoms with Gasteiger partial charge in [0, 0.05) is 37.3 Å². The Balaban J connectivity index is 2.26. The number of halogens is 1. The number of aryl methyl sites for hydroxylation is 3. The maximum absolute atomic E-state index is 10.3. The van der Waals surface area contributed by atoms with Crippen LogP contribution in [0.5, 0.6) is 0 Å². The zero-order valence-corrected chi connectivity index (χ0v) is 11.7. The van der Waals surface area contributed by atoms with Crippen molar-refractivity contribution in [1.82, 2.24) is 19.6 Å². The Labute approximate surface area is 111 Å². The number of aliphatic hydroxyl groups excluding tert-OH is 1. The molecule has 0 aliphatic heterocycles. The number of aromatic nitrogens is 4. The van der Waals surface area contributed by atoms with Gasteiger partial charge >= 0.3 is 0 Å². The molecule has 5 nitrogen and oxygen atoms in total. The van der Waals surface area contributed by atoms with Gasteiger partial charge in [0.2, 0.25) is 0 Å². The molecule has 0 spiro atoms. The highest BCUT2D eigenvalue weighted by molar-refractivity contribution is 6.30. The maximum Gasteiger partial charge on any atom is 0.130 e.